The Bertz CT molecular complexity index is 122. The molecule has 0 heterocycles. The van der Waals surface area contributed by atoms with Crippen molar-refractivity contribution in [2.24, 2.45) is 0 Å². The SMILES string of the molecule is CCCCCCP(C)(=O)O.Cl. The van der Waals surface area contributed by atoms with Crippen LogP contribution in [0.5, 0.6) is 0 Å². The molecule has 0 fully saturated rings. The summed E-state index contributed by atoms with van der Waals surface area (Å²) in [5.74, 6) is 0. The maximum absolute atomic E-state index is 10.7. The Hall–Kier alpha value is 0.480. The summed E-state index contributed by atoms with van der Waals surface area (Å²) in [5, 5.41) is 0. The highest BCUT2D eigenvalue weighted by molar-refractivity contribution is 7.57. The van der Waals surface area contributed by atoms with Gasteiger partial charge in [0.15, 0.2) is 7.37 Å². The Morgan fingerprint density at radius 1 is 1.27 bits per heavy atom. The molecule has 0 aromatic rings. The minimum atomic E-state index is -2.71. The minimum Gasteiger partial charge on any atom is -0.344 e. The van der Waals surface area contributed by atoms with Gasteiger partial charge in [0.1, 0.15) is 0 Å². The quantitative estimate of drug-likeness (QED) is 0.547. The lowest BCUT2D eigenvalue weighted by Crippen LogP contribution is -1.86. The lowest BCUT2D eigenvalue weighted by molar-refractivity contribution is 0.481. The van der Waals surface area contributed by atoms with Gasteiger partial charge in [-0.05, 0) is 6.42 Å². The van der Waals surface area contributed by atoms with Gasteiger partial charge in [0.25, 0.3) is 0 Å². The fraction of sp³-hybridized carbons (Fsp3) is 1.00. The molecule has 70 valence electrons. The molecule has 4 heteroatoms. The maximum atomic E-state index is 10.7. The summed E-state index contributed by atoms with van der Waals surface area (Å²) in [6, 6.07) is 0. The maximum Gasteiger partial charge on any atom is 0.197 e. The second-order valence-electron chi connectivity index (χ2n) is 2.84. The van der Waals surface area contributed by atoms with Crippen molar-refractivity contribution in [1.82, 2.24) is 0 Å². The molecule has 2 nitrogen and oxygen atoms in total. The summed E-state index contributed by atoms with van der Waals surface area (Å²) < 4.78 is 10.7. The normalized spacial score (nSPS) is 15.2. The topological polar surface area (TPSA) is 37.3 Å². The van der Waals surface area contributed by atoms with E-state index in [4.69, 9.17) is 4.89 Å². The second-order valence-corrected chi connectivity index (χ2v) is 5.38. The third kappa shape index (κ3) is 13.5. The Balaban J connectivity index is 0. The van der Waals surface area contributed by atoms with Gasteiger partial charge in [-0.25, -0.2) is 0 Å². The highest BCUT2D eigenvalue weighted by Gasteiger charge is 2.07. The van der Waals surface area contributed by atoms with Crippen LogP contribution in [0.2, 0.25) is 0 Å². The van der Waals surface area contributed by atoms with Gasteiger partial charge >= 0.3 is 0 Å². The van der Waals surface area contributed by atoms with Crippen LogP contribution < -0.4 is 0 Å². The van der Waals surface area contributed by atoms with Crippen LogP contribution in [-0.2, 0) is 4.57 Å². The van der Waals surface area contributed by atoms with Gasteiger partial charge in [0.05, 0.1) is 0 Å². The third-order valence-electron chi connectivity index (χ3n) is 1.43. The largest absolute Gasteiger partial charge is 0.344 e. The van der Waals surface area contributed by atoms with Gasteiger partial charge in [-0.1, -0.05) is 26.2 Å². The highest BCUT2D eigenvalue weighted by Crippen LogP contribution is 2.36. The Morgan fingerprint density at radius 2 is 1.82 bits per heavy atom. The van der Waals surface area contributed by atoms with E-state index in [0.717, 1.165) is 12.8 Å². The molecule has 1 N–H and O–H groups in total. The molecular weight excluding hydrogens is 183 g/mol. The highest BCUT2D eigenvalue weighted by atomic mass is 35.5. The molecule has 0 aromatic heterocycles. The zero-order valence-electron chi connectivity index (χ0n) is 7.25. The zero-order chi connectivity index (χ0) is 8.04. The first-order chi connectivity index (χ1) is 4.56. The van der Waals surface area contributed by atoms with E-state index in [1.807, 2.05) is 0 Å². The monoisotopic (exact) mass is 200 g/mol. The lowest BCUT2D eigenvalue weighted by atomic mass is 10.2. The molecule has 11 heavy (non-hydrogen) atoms. The standard InChI is InChI=1S/C7H17O2P.ClH/c1-3-4-5-6-7-10(2,8)9;/h3-7H2,1-2H3,(H,8,9);1H. The van der Waals surface area contributed by atoms with Gasteiger partial charge in [0.2, 0.25) is 0 Å². The van der Waals surface area contributed by atoms with Crippen LogP contribution in [0.4, 0.5) is 0 Å². The minimum absolute atomic E-state index is 0. The second kappa shape index (κ2) is 7.15. The van der Waals surface area contributed by atoms with Gasteiger partial charge in [-0.15, -0.1) is 12.4 Å². The molecule has 0 radical (unpaired) electrons. The number of rotatable bonds is 5. The molecule has 0 rings (SSSR count). The predicted molar refractivity (Wildman–Crippen MR) is 52.0 cm³/mol. The van der Waals surface area contributed by atoms with Crippen molar-refractivity contribution in [3.05, 3.63) is 0 Å². The van der Waals surface area contributed by atoms with Crippen molar-refractivity contribution >= 4 is 19.8 Å². The van der Waals surface area contributed by atoms with Crippen molar-refractivity contribution in [1.29, 1.82) is 0 Å². The number of unbranched alkanes of at least 4 members (excludes halogenated alkanes) is 3. The summed E-state index contributed by atoms with van der Waals surface area (Å²) in [5.41, 5.74) is 0. The van der Waals surface area contributed by atoms with Crippen LogP contribution in [0, 0.1) is 0 Å². The fourth-order valence-electron chi connectivity index (χ4n) is 0.832. The van der Waals surface area contributed by atoms with Crippen molar-refractivity contribution in [2.45, 2.75) is 32.6 Å². The number of halogens is 1. The molecule has 0 bridgehead atoms. The molecule has 0 aliphatic rings. The zero-order valence-corrected chi connectivity index (χ0v) is 8.96. The number of hydrogen-bond donors (Lipinski definition) is 1. The summed E-state index contributed by atoms with van der Waals surface area (Å²) in [4.78, 5) is 8.87. The molecule has 0 aliphatic heterocycles. The third-order valence-corrected chi connectivity index (χ3v) is 2.57. The van der Waals surface area contributed by atoms with Crippen LogP contribution in [0.15, 0.2) is 0 Å². The predicted octanol–water partition coefficient (Wildman–Crippen LogP) is 2.89. The first-order valence-corrected chi connectivity index (χ1v) is 6.15. The summed E-state index contributed by atoms with van der Waals surface area (Å²) in [7, 11) is -2.71. The van der Waals surface area contributed by atoms with E-state index in [9.17, 15) is 4.57 Å². The molecule has 1 atom stereocenters. The first-order valence-electron chi connectivity index (χ1n) is 3.85. The van der Waals surface area contributed by atoms with Crippen molar-refractivity contribution < 1.29 is 9.46 Å². The Labute approximate surface area is 75.3 Å². The summed E-state index contributed by atoms with van der Waals surface area (Å²) >= 11 is 0. The van der Waals surface area contributed by atoms with Crippen LogP contribution in [0.25, 0.3) is 0 Å². The van der Waals surface area contributed by atoms with Crippen LogP contribution in [0.3, 0.4) is 0 Å². The molecule has 0 saturated carbocycles. The van der Waals surface area contributed by atoms with Crippen LogP contribution in [0.1, 0.15) is 32.6 Å². The van der Waals surface area contributed by atoms with Crippen LogP contribution >= 0.6 is 19.8 Å². The van der Waals surface area contributed by atoms with Gasteiger partial charge in [0, 0.05) is 12.8 Å². The van der Waals surface area contributed by atoms with Crippen molar-refractivity contribution in [3.8, 4) is 0 Å². The molecule has 0 saturated heterocycles. The van der Waals surface area contributed by atoms with Gasteiger partial charge in [-0.3, -0.25) is 4.57 Å². The summed E-state index contributed by atoms with van der Waals surface area (Å²) in [6.45, 7) is 3.56. The van der Waals surface area contributed by atoms with E-state index in [2.05, 4.69) is 6.92 Å². The smallest absolute Gasteiger partial charge is 0.197 e. The van der Waals surface area contributed by atoms with E-state index in [-0.39, 0.29) is 12.4 Å². The van der Waals surface area contributed by atoms with Crippen molar-refractivity contribution in [2.75, 3.05) is 12.8 Å². The molecule has 1 unspecified atom stereocenters. The van der Waals surface area contributed by atoms with Crippen molar-refractivity contribution in [3.63, 3.8) is 0 Å². The summed E-state index contributed by atoms with van der Waals surface area (Å²) in [6.07, 6.45) is 4.85. The molecule has 0 aromatic carbocycles. The van der Waals surface area contributed by atoms with E-state index < -0.39 is 7.37 Å². The average molecular weight is 201 g/mol. The first kappa shape index (κ1) is 14.0. The number of hydrogen-bond acceptors (Lipinski definition) is 1. The Kier molecular flexibility index (Phi) is 9.11. The molecule has 0 spiro atoms. The molecule has 0 aliphatic carbocycles. The van der Waals surface area contributed by atoms with Crippen LogP contribution in [-0.4, -0.2) is 17.7 Å². The van der Waals surface area contributed by atoms with E-state index in [0.29, 0.717) is 6.16 Å². The molecule has 0 amide bonds. The van der Waals surface area contributed by atoms with E-state index in [1.54, 1.807) is 0 Å². The fourth-order valence-corrected chi connectivity index (χ4v) is 1.64. The van der Waals surface area contributed by atoms with Gasteiger partial charge in [-0.2, -0.15) is 0 Å². The van der Waals surface area contributed by atoms with E-state index in [1.165, 1.54) is 19.5 Å². The van der Waals surface area contributed by atoms with Gasteiger partial charge < -0.3 is 4.89 Å². The lowest BCUT2D eigenvalue weighted by Gasteiger charge is -2.02. The van der Waals surface area contributed by atoms with E-state index >= 15 is 0 Å². The average Bonchev–Trinajstić information content (AvgIpc) is 1.78. The Morgan fingerprint density at radius 3 is 2.18 bits per heavy atom. The molecular formula is C7H18ClO2P.